The van der Waals surface area contributed by atoms with Crippen molar-refractivity contribution in [2.24, 2.45) is 16.8 Å². The largest absolute Gasteiger partial charge is 0.369 e. The lowest BCUT2D eigenvalue weighted by atomic mass is 9.96. The molecule has 0 spiro atoms. The average molecular weight is 274 g/mol. The molecule has 1 aromatic carbocycles. The summed E-state index contributed by atoms with van der Waals surface area (Å²) in [5, 5.41) is 11.1. The van der Waals surface area contributed by atoms with E-state index in [-0.39, 0.29) is 11.7 Å². The quantitative estimate of drug-likeness (QED) is 0.333. The van der Waals surface area contributed by atoms with Crippen LogP contribution in [0.4, 0.5) is 0 Å². The molecule has 0 aliphatic carbocycles. The van der Waals surface area contributed by atoms with E-state index in [2.05, 4.69) is 24.4 Å². The van der Waals surface area contributed by atoms with Crippen LogP contribution in [0.3, 0.4) is 0 Å². The van der Waals surface area contributed by atoms with Gasteiger partial charge >= 0.3 is 0 Å². The first-order chi connectivity index (χ1) is 9.29. The molecule has 0 saturated heterocycles. The molecule has 0 unspecified atom stereocenters. The fourth-order valence-corrected chi connectivity index (χ4v) is 1.90. The van der Waals surface area contributed by atoms with E-state index >= 15 is 0 Å². The maximum atomic E-state index is 11.6. The molecule has 0 saturated carbocycles. The number of hydrogen-bond donors (Lipinski definition) is 3. The maximum Gasteiger partial charge on any atom is 0.206 e. The summed E-state index contributed by atoms with van der Waals surface area (Å²) in [6.07, 6.45) is 0.904. The van der Waals surface area contributed by atoms with Crippen molar-refractivity contribution in [3.05, 3.63) is 34.9 Å². The lowest BCUT2D eigenvalue weighted by Gasteiger charge is -2.10. The van der Waals surface area contributed by atoms with Crippen LogP contribution in [0.25, 0.3) is 0 Å². The van der Waals surface area contributed by atoms with Crippen molar-refractivity contribution in [3.63, 3.8) is 0 Å². The summed E-state index contributed by atoms with van der Waals surface area (Å²) in [4.78, 5) is 11.6. The molecular formula is C15H22N4O. The van der Waals surface area contributed by atoms with Gasteiger partial charge in [-0.05, 0) is 55.5 Å². The number of ketones is 1. The van der Waals surface area contributed by atoms with Crippen LogP contribution >= 0.6 is 0 Å². The SMILES string of the molecule is CC(=O)c1cc(CC(C)C)cc(/C(C)=N\NC(=N)N)c1. The highest BCUT2D eigenvalue weighted by molar-refractivity contribution is 6.02. The summed E-state index contributed by atoms with van der Waals surface area (Å²) in [7, 11) is 0. The first-order valence-corrected chi connectivity index (χ1v) is 6.59. The van der Waals surface area contributed by atoms with Crippen molar-refractivity contribution >= 4 is 17.5 Å². The summed E-state index contributed by atoms with van der Waals surface area (Å²) < 4.78 is 0. The molecule has 0 aliphatic heterocycles. The number of Topliss-reactive ketones (excluding diaryl/α,β-unsaturated/α-hetero) is 1. The second-order valence-electron chi connectivity index (χ2n) is 5.30. The zero-order valence-corrected chi connectivity index (χ0v) is 12.4. The third-order valence-corrected chi connectivity index (χ3v) is 2.81. The lowest BCUT2D eigenvalue weighted by molar-refractivity contribution is 0.101. The van der Waals surface area contributed by atoms with Gasteiger partial charge in [0.15, 0.2) is 5.78 Å². The first kappa shape index (κ1) is 15.9. The summed E-state index contributed by atoms with van der Waals surface area (Å²) in [5.74, 6) is 0.330. The van der Waals surface area contributed by atoms with Crippen molar-refractivity contribution in [1.29, 1.82) is 5.41 Å². The van der Waals surface area contributed by atoms with Gasteiger partial charge in [0, 0.05) is 5.56 Å². The minimum atomic E-state index is -0.213. The maximum absolute atomic E-state index is 11.6. The highest BCUT2D eigenvalue weighted by Gasteiger charge is 2.08. The molecule has 20 heavy (non-hydrogen) atoms. The monoisotopic (exact) mass is 274 g/mol. The van der Waals surface area contributed by atoms with Crippen LogP contribution in [0, 0.1) is 11.3 Å². The number of hydrogen-bond acceptors (Lipinski definition) is 3. The van der Waals surface area contributed by atoms with Gasteiger partial charge in [0.1, 0.15) is 0 Å². The number of carbonyl (C=O) groups is 1. The van der Waals surface area contributed by atoms with Crippen LogP contribution in [-0.2, 0) is 6.42 Å². The molecule has 0 heterocycles. The molecule has 0 radical (unpaired) electrons. The van der Waals surface area contributed by atoms with E-state index in [1.807, 2.05) is 25.1 Å². The van der Waals surface area contributed by atoms with Crippen molar-refractivity contribution in [1.82, 2.24) is 5.43 Å². The molecule has 0 aliphatic rings. The summed E-state index contributed by atoms with van der Waals surface area (Å²) in [6, 6.07) is 5.76. The van der Waals surface area contributed by atoms with Crippen molar-refractivity contribution in [2.45, 2.75) is 34.1 Å². The first-order valence-electron chi connectivity index (χ1n) is 6.59. The number of benzene rings is 1. The van der Waals surface area contributed by atoms with Gasteiger partial charge in [0.05, 0.1) is 5.71 Å². The van der Waals surface area contributed by atoms with Gasteiger partial charge in [0.2, 0.25) is 5.96 Å². The minimum absolute atomic E-state index is 0.0317. The molecule has 0 fully saturated rings. The van der Waals surface area contributed by atoms with Crippen LogP contribution in [0.2, 0.25) is 0 Å². The van der Waals surface area contributed by atoms with Crippen LogP contribution < -0.4 is 11.2 Å². The van der Waals surface area contributed by atoms with Crippen LogP contribution in [0.15, 0.2) is 23.3 Å². The molecule has 0 atom stereocenters. The normalized spacial score (nSPS) is 11.6. The summed E-state index contributed by atoms with van der Waals surface area (Å²) >= 11 is 0. The van der Waals surface area contributed by atoms with Gasteiger partial charge in [-0.25, -0.2) is 5.43 Å². The predicted molar refractivity (Wildman–Crippen MR) is 82.2 cm³/mol. The summed E-state index contributed by atoms with van der Waals surface area (Å²) in [6.45, 7) is 7.64. The second-order valence-corrected chi connectivity index (χ2v) is 5.30. The molecule has 1 rings (SSSR count). The van der Waals surface area contributed by atoms with E-state index in [1.165, 1.54) is 0 Å². The number of rotatable bonds is 5. The highest BCUT2D eigenvalue weighted by Crippen LogP contribution is 2.15. The lowest BCUT2D eigenvalue weighted by Crippen LogP contribution is -2.26. The van der Waals surface area contributed by atoms with Crippen molar-refractivity contribution < 1.29 is 4.79 Å². The Morgan fingerprint density at radius 3 is 2.40 bits per heavy atom. The second kappa shape index (κ2) is 6.84. The Kier molecular flexibility index (Phi) is 5.43. The zero-order chi connectivity index (χ0) is 15.3. The molecule has 0 amide bonds. The van der Waals surface area contributed by atoms with Gasteiger partial charge < -0.3 is 5.73 Å². The Bertz CT molecular complexity index is 547. The van der Waals surface area contributed by atoms with E-state index < -0.39 is 0 Å². The smallest absolute Gasteiger partial charge is 0.206 e. The minimum Gasteiger partial charge on any atom is -0.369 e. The van der Waals surface area contributed by atoms with Gasteiger partial charge in [-0.2, -0.15) is 5.10 Å². The number of nitrogens with one attached hydrogen (secondary N) is 2. The Morgan fingerprint density at radius 2 is 1.90 bits per heavy atom. The predicted octanol–water partition coefficient (Wildman–Crippen LogP) is 2.29. The van der Waals surface area contributed by atoms with Crippen molar-refractivity contribution in [2.75, 3.05) is 0 Å². The van der Waals surface area contributed by atoms with E-state index in [9.17, 15) is 4.79 Å². The van der Waals surface area contributed by atoms with Crippen LogP contribution in [0.5, 0.6) is 0 Å². The van der Waals surface area contributed by atoms with Crippen LogP contribution in [0.1, 0.15) is 49.2 Å². The Balaban J connectivity index is 3.17. The Labute approximate surface area is 119 Å². The number of guanidine groups is 1. The number of carbonyl (C=O) groups excluding carboxylic acids is 1. The third kappa shape index (κ3) is 4.84. The number of nitrogens with zero attached hydrogens (tertiary/aromatic N) is 1. The van der Waals surface area contributed by atoms with E-state index in [1.54, 1.807) is 6.92 Å². The number of nitrogens with two attached hydrogens (primary N) is 1. The molecule has 1 aromatic rings. The van der Waals surface area contributed by atoms with Crippen molar-refractivity contribution in [3.8, 4) is 0 Å². The van der Waals surface area contributed by atoms with Gasteiger partial charge in [-0.1, -0.05) is 13.8 Å². The standard InChI is InChI=1S/C15H22N4O/c1-9(2)5-12-6-13(8-14(7-12)11(4)20)10(3)18-19-15(16)17/h6-9H,5H2,1-4H3,(H4,16,17,19)/b18-10-. The third-order valence-electron chi connectivity index (χ3n) is 2.81. The molecular weight excluding hydrogens is 252 g/mol. The Hall–Kier alpha value is -2.17. The van der Waals surface area contributed by atoms with E-state index in [0.717, 1.165) is 17.5 Å². The van der Waals surface area contributed by atoms with E-state index in [4.69, 9.17) is 11.1 Å². The highest BCUT2D eigenvalue weighted by atomic mass is 16.1. The van der Waals surface area contributed by atoms with Crippen LogP contribution in [-0.4, -0.2) is 17.5 Å². The summed E-state index contributed by atoms with van der Waals surface area (Å²) in [5.41, 5.74) is 11.0. The van der Waals surface area contributed by atoms with E-state index in [0.29, 0.717) is 17.2 Å². The fraction of sp³-hybridized carbons (Fsp3) is 0.400. The average Bonchev–Trinajstić information content (AvgIpc) is 2.34. The molecule has 5 nitrogen and oxygen atoms in total. The van der Waals surface area contributed by atoms with Gasteiger partial charge in [-0.3, -0.25) is 10.2 Å². The molecule has 5 heteroatoms. The van der Waals surface area contributed by atoms with Gasteiger partial charge in [-0.15, -0.1) is 0 Å². The fourth-order valence-electron chi connectivity index (χ4n) is 1.90. The molecule has 4 N–H and O–H groups in total. The Morgan fingerprint density at radius 1 is 1.30 bits per heavy atom. The topological polar surface area (TPSA) is 91.3 Å². The number of hydrazone groups is 1. The zero-order valence-electron chi connectivity index (χ0n) is 12.4. The molecule has 0 aromatic heterocycles. The van der Waals surface area contributed by atoms with Gasteiger partial charge in [0.25, 0.3) is 0 Å². The molecule has 108 valence electrons. The molecule has 0 bridgehead atoms.